The molecule has 0 amide bonds. The molecule has 3 rings (SSSR count). The van der Waals surface area contributed by atoms with E-state index >= 15 is 0 Å². The van der Waals surface area contributed by atoms with Crippen molar-refractivity contribution in [3.63, 3.8) is 0 Å². The van der Waals surface area contributed by atoms with Crippen LogP contribution in [-0.2, 0) is 13.2 Å². The second-order valence-corrected chi connectivity index (χ2v) is 6.78. The van der Waals surface area contributed by atoms with E-state index in [0.29, 0.717) is 41.1 Å². The number of aryl methyl sites for hydroxylation is 1. The molecule has 0 radical (unpaired) electrons. The number of aromatic amines is 1. The van der Waals surface area contributed by atoms with Crippen LogP contribution in [-0.4, -0.2) is 21.5 Å². The van der Waals surface area contributed by atoms with Gasteiger partial charge in [0.2, 0.25) is 4.77 Å². The highest BCUT2D eigenvalue weighted by molar-refractivity contribution is 7.71. The lowest BCUT2D eigenvalue weighted by Gasteiger charge is -2.16. The minimum absolute atomic E-state index is 0.420. The van der Waals surface area contributed by atoms with Crippen LogP contribution >= 0.6 is 23.8 Å². The van der Waals surface area contributed by atoms with Crippen LogP contribution in [0.1, 0.15) is 23.6 Å². The molecule has 0 bridgehead atoms. The summed E-state index contributed by atoms with van der Waals surface area (Å²) in [5.41, 5.74) is 6.36. The van der Waals surface area contributed by atoms with E-state index in [1.54, 1.807) is 11.0 Å². The number of halogens is 1. The standard InChI is InChI=1S/C19H21ClN4O2S/c1-3-25-17-9-15(10-22-24-12-21-23-19(24)27)8-16(20)18(17)26-11-14-6-4-5-13(2)7-14/h4-9,12,22H,3,10-11H2,1-2H3,(H,23,27). The van der Waals surface area contributed by atoms with Crippen LogP contribution in [0.2, 0.25) is 5.02 Å². The Bertz CT molecular complexity index is 970. The Morgan fingerprint density at radius 3 is 2.78 bits per heavy atom. The number of nitrogens with zero attached hydrogens (tertiary/aromatic N) is 2. The van der Waals surface area contributed by atoms with E-state index in [0.717, 1.165) is 11.1 Å². The molecular weight excluding hydrogens is 384 g/mol. The zero-order valence-corrected chi connectivity index (χ0v) is 16.7. The maximum absolute atomic E-state index is 6.48. The molecule has 1 aromatic heterocycles. The predicted molar refractivity (Wildman–Crippen MR) is 109 cm³/mol. The molecule has 3 aromatic rings. The first-order chi connectivity index (χ1) is 13.1. The SMILES string of the molecule is CCOc1cc(CNn2cn[nH]c2=S)cc(Cl)c1OCc1cccc(C)c1. The molecule has 0 saturated carbocycles. The summed E-state index contributed by atoms with van der Waals surface area (Å²) < 4.78 is 13.8. The fourth-order valence-corrected chi connectivity index (χ4v) is 3.07. The molecule has 27 heavy (non-hydrogen) atoms. The van der Waals surface area contributed by atoms with Crippen LogP contribution in [0.5, 0.6) is 11.5 Å². The van der Waals surface area contributed by atoms with Gasteiger partial charge >= 0.3 is 0 Å². The van der Waals surface area contributed by atoms with E-state index in [9.17, 15) is 0 Å². The zero-order chi connectivity index (χ0) is 19.2. The van der Waals surface area contributed by atoms with Crippen molar-refractivity contribution in [1.82, 2.24) is 14.9 Å². The summed E-state index contributed by atoms with van der Waals surface area (Å²) in [5, 5.41) is 7.06. The first-order valence-electron chi connectivity index (χ1n) is 8.56. The molecule has 0 saturated heterocycles. The second-order valence-electron chi connectivity index (χ2n) is 5.98. The monoisotopic (exact) mass is 404 g/mol. The Balaban J connectivity index is 1.77. The summed E-state index contributed by atoms with van der Waals surface area (Å²) in [5.74, 6) is 1.16. The van der Waals surface area contributed by atoms with Crippen molar-refractivity contribution >= 4 is 23.8 Å². The molecule has 0 spiro atoms. The van der Waals surface area contributed by atoms with Crippen LogP contribution < -0.4 is 14.9 Å². The number of ether oxygens (including phenoxy) is 2. The number of aromatic nitrogens is 3. The third-order valence-corrected chi connectivity index (χ3v) is 4.41. The van der Waals surface area contributed by atoms with E-state index in [1.165, 1.54) is 5.56 Å². The van der Waals surface area contributed by atoms with Crippen molar-refractivity contribution in [2.24, 2.45) is 0 Å². The van der Waals surface area contributed by atoms with E-state index in [1.807, 2.05) is 31.2 Å². The maximum Gasteiger partial charge on any atom is 0.214 e. The van der Waals surface area contributed by atoms with Crippen molar-refractivity contribution in [2.45, 2.75) is 27.0 Å². The summed E-state index contributed by atoms with van der Waals surface area (Å²) in [6, 6.07) is 11.9. The van der Waals surface area contributed by atoms with Crippen molar-refractivity contribution in [1.29, 1.82) is 0 Å². The minimum atomic E-state index is 0.420. The summed E-state index contributed by atoms with van der Waals surface area (Å²) in [6.07, 6.45) is 1.58. The highest BCUT2D eigenvalue weighted by Gasteiger charge is 2.13. The number of hydrogen-bond acceptors (Lipinski definition) is 5. The third kappa shape index (κ3) is 5.02. The molecule has 0 aliphatic heterocycles. The molecule has 0 aliphatic carbocycles. The largest absolute Gasteiger partial charge is 0.490 e. The molecule has 0 unspecified atom stereocenters. The maximum atomic E-state index is 6.48. The van der Waals surface area contributed by atoms with Gasteiger partial charge in [-0.05, 0) is 49.3 Å². The van der Waals surface area contributed by atoms with Gasteiger partial charge in [0.1, 0.15) is 12.9 Å². The lowest BCUT2D eigenvalue weighted by Crippen LogP contribution is -2.13. The van der Waals surface area contributed by atoms with Gasteiger partial charge in [0.15, 0.2) is 11.5 Å². The number of rotatable bonds is 8. The summed E-state index contributed by atoms with van der Waals surface area (Å²) in [4.78, 5) is 0. The minimum Gasteiger partial charge on any atom is -0.490 e. The van der Waals surface area contributed by atoms with Gasteiger partial charge in [-0.3, -0.25) is 5.10 Å². The summed E-state index contributed by atoms with van der Waals surface area (Å²) >= 11 is 11.6. The molecule has 6 nitrogen and oxygen atoms in total. The molecular formula is C19H21ClN4O2S. The van der Waals surface area contributed by atoms with Crippen LogP contribution in [0.4, 0.5) is 0 Å². The van der Waals surface area contributed by atoms with Gasteiger partial charge in [0.25, 0.3) is 0 Å². The van der Waals surface area contributed by atoms with Gasteiger partial charge in [-0.1, -0.05) is 41.4 Å². The number of H-pyrrole nitrogens is 1. The van der Waals surface area contributed by atoms with Crippen LogP contribution in [0.25, 0.3) is 0 Å². The van der Waals surface area contributed by atoms with Crippen molar-refractivity contribution in [3.8, 4) is 11.5 Å². The second kappa shape index (κ2) is 8.92. The highest BCUT2D eigenvalue weighted by atomic mass is 35.5. The van der Waals surface area contributed by atoms with Crippen LogP contribution in [0.3, 0.4) is 0 Å². The normalized spacial score (nSPS) is 10.6. The van der Waals surface area contributed by atoms with Gasteiger partial charge in [-0.2, -0.15) is 5.10 Å². The topological polar surface area (TPSA) is 64.1 Å². The van der Waals surface area contributed by atoms with Crippen LogP contribution in [0, 0.1) is 11.7 Å². The smallest absolute Gasteiger partial charge is 0.214 e. The molecule has 142 valence electrons. The summed E-state index contributed by atoms with van der Waals surface area (Å²) in [7, 11) is 0. The Labute approximate surface area is 168 Å². The molecule has 8 heteroatoms. The van der Waals surface area contributed by atoms with Crippen molar-refractivity contribution < 1.29 is 9.47 Å². The number of nitrogens with one attached hydrogen (secondary N) is 2. The molecule has 1 heterocycles. The number of hydrogen-bond donors (Lipinski definition) is 2. The highest BCUT2D eigenvalue weighted by Crippen LogP contribution is 2.37. The zero-order valence-electron chi connectivity index (χ0n) is 15.2. The average Bonchev–Trinajstić information content (AvgIpc) is 3.04. The quantitative estimate of drug-likeness (QED) is 0.536. The van der Waals surface area contributed by atoms with Gasteiger partial charge in [-0.15, -0.1) is 0 Å². The first-order valence-corrected chi connectivity index (χ1v) is 9.35. The Hall–Kier alpha value is -2.51. The molecule has 2 aromatic carbocycles. The van der Waals surface area contributed by atoms with Crippen LogP contribution in [0.15, 0.2) is 42.7 Å². The van der Waals surface area contributed by atoms with E-state index in [-0.39, 0.29) is 0 Å². The van der Waals surface area contributed by atoms with Crippen molar-refractivity contribution in [3.05, 3.63) is 69.2 Å². The molecule has 2 N–H and O–H groups in total. The van der Waals surface area contributed by atoms with Gasteiger partial charge in [-0.25, -0.2) is 4.68 Å². The molecule has 0 atom stereocenters. The summed E-state index contributed by atoms with van der Waals surface area (Å²) in [6.45, 7) is 5.42. The fourth-order valence-electron chi connectivity index (χ4n) is 2.62. The van der Waals surface area contributed by atoms with Crippen molar-refractivity contribution in [2.75, 3.05) is 12.0 Å². The lowest BCUT2D eigenvalue weighted by molar-refractivity contribution is 0.269. The third-order valence-electron chi connectivity index (χ3n) is 3.84. The lowest BCUT2D eigenvalue weighted by atomic mass is 10.1. The van der Waals surface area contributed by atoms with Gasteiger partial charge in [0.05, 0.1) is 18.2 Å². The molecule has 0 aliphatic rings. The van der Waals surface area contributed by atoms with E-state index in [4.69, 9.17) is 33.3 Å². The Morgan fingerprint density at radius 1 is 1.22 bits per heavy atom. The van der Waals surface area contributed by atoms with Gasteiger partial charge in [0, 0.05) is 0 Å². The first kappa shape index (κ1) is 19.3. The van der Waals surface area contributed by atoms with Gasteiger partial charge < -0.3 is 14.9 Å². The average molecular weight is 405 g/mol. The predicted octanol–water partition coefficient (Wildman–Crippen LogP) is 4.62. The van der Waals surface area contributed by atoms with E-state index < -0.39 is 0 Å². The van der Waals surface area contributed by atoms with E-state index in [2.05, 4.69) is 34.7 Å². The molecule has 0 fully saturated rings. The Morgan fingerprint density at radius 2 is 2.07 bits per heavy atom. The number of benzene rings is 2. The fraction of sp³-hybridized carbons (Fsp3) is 0.263. The Kier molecular flexibility index (Phi) is 6.36.